The molecule has 1 aliphatic heterocycles. The van der Waals surface area contributed by atoms with E-state index in [2.05, 4.69) is 50.7 Å². The molecule has 0 radical (unpaired) electrons. The molecule has 0 aromatic carbocycles. The number of hydrogen-bond donors (Lipinski definition) is 1. The van der Waals surface area contributed by atoms with Crippen LogP contribution in [0.1, 0.15) is 34.9 Å². The highest BCUT2D eigenvalue weighted by atomic mass is 32.1. The molecule has 6 heteroatoms. The third-order valence-electron chi connectivity index (χ3n) is 4.30. The number of thiophene rings is 2. The Morgan fingerprint density at radius 1 is 1.12 bits per heavy atom. The highest BCUT2D eigenvalue weighted by Crippen LogP contribution is 2.34. The first-order chi connectivity index (χ1) is 12.4. The topological polar surface area (TPSA) is 49.6 Å². The molecule has 1 fully saturated rings. The van der Waals surface area contributed by atoms with Crippen molar-refractivity contribution in [3.05, 3.63) is 68.7 Å². The van der Waals surface area contributed by atoms with Crippen LogP contribution in [-0.2, 0) is 0 Å². The van der Waals surface area contributed by atoms with Crippen LogP contribution in [0.3, 0.4) is 0 Å². The first kappa shape index (κ1) is 15.0. The molecule has 3 aromatic heterocycles. The van der Waals surface area contributed by atoms with Crippen molar-refractivity contribution in [1.82, 2.24) is 4.98 Å². The average molecular weight is 364 g/mol. The number of amidine groups is 1. The van der Waals surface area contributed by atoms with Gasteiger partial charge in [-0.2, -0.15) is 11.3 Å². The largest absolute Gasteiger partial charge is 0.326 e. The monoisotopic (exact) mass is 364 g/mol. The van der Waals surface area contributed by atoms with E-state index in [1.54, 1.807) is 22.7 Å². The van der Waals surface area contributed by atoms with E-state index in [1.807, 2.05) is 12.3 Å². The summed E-state index contributed by atoms with van der Waals surface area (Å²) < 4.78 is 0. The summed E-state index contributed by atoms with van der Waals surface area (Å²) in [5, 5.41) is 9.82. The number of anilines is 1. The van der Waals surface area contributed by atoms with Crippen molar-refractivity contribution in [2.24, 2.45) is 9.98 Å². The number of aliphatic imine (C=N–C) groups is 2. The van der Waals surface area contributed by atoms with Gasteiger partial charge in [-0.1, -0.05) is 6.07 Å². The number of nitrogens with zero attached hydrogens (tertiary/aromatic N) is 3. The zero-order valence-electron chi connectivity index (χ0n) is 13.4. The van der Waals surface area contributed by atoms with Crippen LogP contribution >= 0.6 is 22.7 Å². The van der Waals surface area contributed by atoms with Gasteiger partial charge in [0.05, 0.1) is 11.8 Å². The molecule has 1 N–H and O–H groups in total. The molecule has 0 amide bonds. The molecule has 124 valence electrons. The van der Waals surface area contributed by atoms with Crippen molar-refractivity contribution < 1.29 is 0 Å². The van der Waals surface area contributed by atoms with Crippen molar-refractivity contribution in [1.29, 1.82) is 0 Å². The van der Waals surface area contributed by atoms with Gasteiger partial charge in [0.1, 0.15) is 17.7 Å². The maximum Gasteiger partial charge on any atom is 0.142 e. The van der Waals surface area contributed by atoms with Crippen molar-refractivity contribution in [3.8, 4) is 0 Å². The third kappa shape index (κ3) is 2.92. The number of aromatic nitrogens is 1. The molecule has 0 bridgehead atoms. The second kappa shape index (κ2) is 6.20. The van der Waals surface area contributed by atoms with Crippen LogP contribution in [-0.4, -0.2) is 22.6 Å². The van der Waals surface area contributed by atoms with Gasteiger partial charge in [-0.3, -0.25) is 9.98 Å². The fraction of sp³-hybridized carbons (Fsp3) is 0.211. The summed E-state index contributed by atoms with van der Waals surface area (Å²) in [6, 6.07) is 10.7. The Balaban J connectivity index is 1.72. The highest BCUT2D eigenvalue weighted by molar-refractivity contribution is 7.10. The van der Waals surface area contributed by atoms with Gasteiger partial charge in [-0.15, -0.1) is 11.3 Å². The Bertz CT molecular complexity index is 938. The lowest BCUT2D eigenvalue weighted by molar-refractivity contribution is 0.949. The second-order valence-electron chi connectivity index (χ2n) is 6.18. The summed E-state index contributed by atoms with van der Waals surface area (Å²) in [7, 11) is 0. The number of fused-ring (bicyclic) bond motifs is 1. The minimum atomic E-state index is -0.107. The quantitative estimate of drug-likeness (QED) is 0.728. The van der Waals surface area contributed by atoms with Gasteiger partial charge in [0.15, 0.2) is 0 Å². The minimum Gasteiger partial charge on any atom is -0.326 e. The smallest absolute Gasteiger partial charge is 0.142 e. The van der Waals surface area contributed by atoms with Gasteiger partial charge < -0.3 is 5.32 Å². The Morgan fingerprint density at radius 2 is 2.08 bits per heavy atom. The average Bonchev–Trinajstić information content (AvgIpc) is 3.11. The van der Waals surface area contributed by atoms with E-state index in [0.717, 1.165) is 28.5 Å². The molecule has 1 aliphatic carbocycles. The molecule has 0 spiro atoms. The number of pyridine rings is 1. The van der Waals surface area contributed by atoms with Gasteiger partial charge in [0, 0.05) is 27.6 Å². The maximum atomic E-state index is 5.16. The SMILES string of the molecule is c1csc(C2N=C(c3ccsc3)c3cccnc3NC2=NC2CC2)c1. The summed E-state index contributed by atoms with van der Waals surface area (Å²) in [6.45, 7) is 0. The first-order valence-corrected chi connectivity index (χ1v) is 10.1. The summed E-state index contributed by atoms with van der Waals surface area (Å²) >= 11 is 3.41. The molecule has 4 heterocycles. The lowest BCUT2D eigenvalue weighted by atomic mass is 10.1. The Morgan fingerprint density at radius 3 is 2.84 bits per heavy atom. The van der Waals surface area contributed by atoms with Gasteiger partial charge in [-0.25, -0.2) is 4.98 Å². The van der Waals surface area contributed by atoms with Crippen molar-refractivity contribution >= 4 is 40.0 Å². The molecular formula is C19H16N4S2. The van der Waals surface area contributed by atoms with E-state index in [9.17, 15) is 0 Å². The fourth-order valence-electron chi connectivity index (χ4n) is 2.92. The summed E-state index contributed by atoms with van der Waals surface area (Å²) in [6.07, 6.45) is 4.15. The molecule has 2 aliphatic rings. The second-order valence-corrected chi connectivity index (χ2v) is 7.94. The lowest BCUT2D eigenvalue weighted by Crippen LogP contribution is -2.20. The molecule has 25 heavy (non-hydrogen) atoms. The Kier molecular flexibility index (Phi) is 3.72. The Labute approximate surface area is 154 Å². The normalized spacial score (nSPS) is 21.4. The molecule has 1 saturated carbocycles. The zero-order valence-corrected chi connectivity index (χ0v) is 15.1. The van der Waals surface area contributed by atoms with Crippen LogP contribution in [0.4, 0.5) is 5.82 Å². The van der Waals surface area contributed by atoms with Crippen LogP contribution in [0.15, 0.2) is 62.7 Å². The van der Waals surface area contributed by atoms with Crippen LogP contribution in [0, 0.1) is 0 Å². The predicted molar refractivity (Wildman–Crippen MR) is 105 cm³/mol. The van der Waals surface area contributed by atoms with Gasteiger partial charge in [-0.05, 0) is 47.9 Å². The van der Waals surface area contributed by atoms with E-state index in [1.165, 1.54) is 17.7 Å². The molecule has 3 aromatic rings. The first-order valence-electron chi connectivity index (χ1n) is 8.32. The predicted octanol–water partition coefficient (Wildman–Crippen LogP) is 4.77. The number of hydrogen-bond acceptors (Lipinski definition) is 5. The van der Waals surface area contributed by atoms with Crippen LogP contribution in [0.2, 0.25) is 0 Å². The standard InChI is InChI=1S/C19H16N4S2/c1-3-14-16(12-7-10-24-11-12)22-17(15-4-2-9-25-15)19(21-13-5-6-13)23-18(14)20-8-1/h1-4,7-11,13,17H,5-6H2,(H,20,21,23). The lowest BCUT2D eigenvalue weighted by Gasteiger charge is -2.14. The number of rotatable bonds is 3. The number of nitrogens with one attached hydrogen (secondary N) is 1. The van der Waals surface area contributed by atoms with Gasteiger partial charge >= 0.3 is 0 Å². The maximum absolute atomic E-state index is 5.16. The summed E-state index contributed by atoms with van der Waals surface area (Å²) in [5.74, 6) is 1.75. The summed E-state index contributed by atoms with van der Waals surface area (Å²) in [5.41, 5.74) is 3.15. The van der Waals surface area contributed by atoms with Crippen LogP contribution < -0.4 is 5.32 Å². The molecule has 1 atom stereocenters. The van der Waals surface area contributed by atoms with E-state index < -0.39 is 0 Å². The van der Waals surface area contributed by atoms with Gasteiger partial charge in [0.25, 0.3) is 0 Å². The van der Waals surface area contributed by atoms with Crippen LogP contribution in [0.25, 0.3) is 0 Å². The van der Waals surface area contributed by atoms with E-state index in [0.29, 0.717) is 6.04 Å². The van der Waals surface area contributed by atoms with E-state index in [-0.39, 0.29) is 6.04 Å². The molecule has 0 saturated heterocycles. The van der Waals surface area contributed by atoms with Crippen molar-refractivity contribution in [2.75, 3.05) is 5.32 Å². The minimum absolute atomic E-state index is 0.107. The van der Waals surface area contributed by atoms with E-state index >= 15 is 0 Å². The molecular weight excluding hydrogens is 348 g/mol. The molecule has 5 rings (SSSR count). The molecule has 1 unspecified atom stereocenters. The van der Waals surface area contributed by atoms with Crippen molar-refractivity contribution in [2.45, 2.75) is 24.9 Å². The Hall–Kier alpha value is -2.31. The fourth-order valence-corrected chi connectivity index (χ4v) is 4.33. The van der Waals surface area contributed by atoms with Crippen LogP contribution in [0.5, 0.6) is 0 Å². The van der Waals surface area contributed by atoms with E-state index in [4.69, 9.17) is 9.98 Å². The summed E-state index contributed by atoms with van der Waals surface area (Å²) in [4.78, 5) is 15.9. The van der Waals surface area contributed by atoms with Gasteiger partial charge in [0.2, 0.25) is 0 Å². The van der Waals surface area contributed by atoms with Crippen molar-refractivity contribution in [3.63, 3.8) is 0 Å². The highest BCUT2D eigenvalue weighted by Gasteiger charge is 2.30. The zero-order chi connectivity index (χ0) is 16.6. The third-order valence-corrected chi connectivity index (χ3v) is 5.91. The molecule has 4 nitrogen and oxygen atoms in total.